The number of carbonyl (C=O) groups excluding carboxylic acids is 2. The van der Waals surface area contributed by atoms with E-state index in [-0.39, 0.29) is 11.1 Å². The van der Waals surface area contributed by atoms with Crippen LogP contribution in [0.5, 0.6) is 0 Å². The minimum atomic E-state index is -3.17. The second-order valence-corrected chi connectivity index (χ2v) is 5.97. The van der Waals surface area contributed by atoms with E-state index >= 15 is 0 Å². The fourth-order valence-electron chi connectivity index (χ4n) is 2.58. The van der Waals surface area contributed by atoms with Gasteiger partial charge in [-0.25, -0.2) is 18.4 Å². The number of carbonyl (C=O) groups is 2. The van der Waals surface area contributed by atoms with Gasteiger partial charge < -0.3 is 9.47 Å². The van der Waals surface area contributed by atoms with Crippen LogP contribution < -0.4 is 0 Å². The number of benzene rings is 2. The van der Waals surface area contributed by atoms with Gasteiger partial charge in [-0.1, -0.05) is 42.5 Å². The summed E-state index contributed by atoms with van der Waals surface area (Å²) >= 11 is 0. The zero-order chi connectivity index (χ0) is 19.9. The van der Waals surface area contributed by atoms with Crippen molar-refractivity contribution >= 4 is 18.0 Å². The molecule has 0 aromatic heterocycles. The molecular formula is C21H20F2O4. The average molecular weight is 374 g/mol. The van der Waals surface area contributed by atoms with Crippen LogP contribution in [0.15, 0.2) is 60.2 Å². The molecule has 0 aliphatic rings. The molecule has 2 aromatic rings. The maximum absolute atomic E-state index is 14.5. The minimum Gasteiger partial charge on any atom is -0.466 e. The van der Waals surface area contributed by atoms with E-state index in [4.69, 9.17) is 0 Å². The highest BCUT2D eigenvalue weighted by Crippen LogP contribution is 2.29. The van der Waals surface area contributed by atoms with Crippen molar-refractivity contribution in [3.63, 3.8) is 0 Å². The summed E-state index contributed by atoms with van der Waals surface area (Å²) in [5.41, 5.74) is 1.15. The van der Waals surface area contributed by atoms with Crippen LogP contribution in [0.3, 0.4) is 0 Å². The summed E-state index contributed by atoms with van der Waals surface area (Å²) in [6.45, 7) is 0. The molecule has 4 nitrogen and oxygen atoms in total. The molecule has 0 radical (unpaired) electrons. The van der Waals surface area contributed by atoms with Gasteiger partial charge in [0.25, 0.3) is 5.92 Å². The molecule has 0 bridgehead atoms. The molecule has 0 atom stereocenters. The molecule has 2 rings (SSSR count). The SMILES string of the molecule is COC(=O)/C(=C\c1ccccc1)CC(F)(F)Cc1ccc(C(=O)OC)cc1. The zero-order valence-corrected chi connectivity index (χ0v) is 15.1. The summed E-state index contributed by atoms with van der Waals surface area (Å²) in [5, 5.41) is 0. The van der Waals surface area contributed by atoms with E-state index in [1.165, 1.54) is 37.5 Å². The monoisotopic (exact) mass is 374 g/mol. The first kappa shape index (κ1) is 20.3. The Morgan fingerprint density at radius 3 is 2.15 bits per heavy atom. The summed E-state index contributed by atoms with van der Waals surface area (Å²) in [4.78, 5) is 23.3. The summed E-state index contributed by atoms with van der Waals surface area (Å²) in [7, 11) is 2.41. The van der Waals surface area contributed by atoms with Gasteiger partial charge in [0.05, 0.1) is 19.8 Å². The highest BCUT2D eigenvalue weighted by atomic mass is 19.3. The van der Waals surface area contributed by atoms with Gasteiger partial charge in [-0.2, -0.15) is 0 Å². The number of alkyl halides is 2. The number of hydrogen-bond donors (Lipinski definition) is 0. The summed E-state index contributed by atoms with van der Waals surface area (Å²) in [6, 6.07) is 14.5. The number of ether oxygens (including phenoxy) is 2. The highest BCUT2D eigenvalue weighted by Gasteiger charge is 2.33. The minimum absolute atomic E-state index is 0.111. The van der Waals surface area contributed by atoms with Gasteiger partial charge in [0.1, 0.15) is 0 Å². The van der Waals surface area contributed by atoms with Crippen LogP contribution >= 0.6 is 0 Å². The van der Waals surface area contributed by atoms with E-state index in [0.29, 0.717) is 11.1 Å². The van der Waals surface area contributed by atoms with Crippen LogP contribution in [-0.4, -0.2) is 32.1 Å². The van der Waals surface area contributed by atoms with Crippen molar-refractivity contribution in [3.05, 3.63) is 76.9 Å². The van der Waals surface area contributed by atoms with Gasteiger partial charge in [-0.15, -0.1) is 0 Å². The van der Waals surface area contributed by atoms with Gasteiger partial charge in [-0.3, -0.25) is 0 Å². The van der Waals surface area contributed by atoms with Crippen LogP contribution in [0.4, 0.5) is 8.78 Å². The topological polar surface area (TPSA) is 52.6 Å². The highest BCUT2D eigenvalue weighted by molar-refractivity contribution is 5.93. The Hall–Kier alpha value is -3.02. The molecule has 0 unspecified atom stereocenters. The third kappa shape index (κ3) is 6.02. The molecule has 0 fully saturated rings. The van der Waals surface area contributed by atoms with E-state index in [1.807, 2.05) is 0 Å². The van der Waals surface area contributed by atoms with Crippen LogP contribution in [0.2, 0.25) is 0 Å². The molecule has 142 valence electrons. The van der Waals surface area contributed by atoms with E-state index in [9.17, 15) is 18.4 Å². The lowest BCUT2D eigenvalue weighted by atomic mass is 9.98. The lowest BCUT2D eigenvalue weighted by molar-refractivity contribution is -0.137. The number of hydrogen-bond acceptors (Lipinski definition) is 4. The smallest absolute Gasteiger partial charge is 0.337 e. The van der Waals surface area contributed by atoms with Crippen LogP contribution in [0, 0.1) is 0 Å². The quantitative estimate of drug-likeness (QED) is 0.536. The predicted octanol–water partition coefficient (Wildman–Crippen LogP) is 4.30. The average Bonchev–Trinajstić information content (AvgIpc) is 2.67. The van der Waals surface area contributed by atoms with Gasteiger partial charge in [-0.05, 0) is 29.3 Å². The van der Waals surface area contributed by atoms with Crippen molar-refractivity contribution in [1.82, 2.24) is 0 Å². The van der Waals surface area contributed by atoms with Gasteiger partial charge >= 0.3 is 11.9 Å². The first-order valence-corrected chi connectivity index (χ1v) is 8.23. The maximum atomic E-state index is 14.5. The van der Waals surface area contributed by atoms with Crippen molar-refractivity contribution in [3.8, 4) is 0 Å². The molecule has 0 spiro atoms. The molecule has 0 aliphatic heterocycles. The summed E-state index contributed by atoms with van der Waals surface area (Å²) < 4.78 is 38.3. The number of rotatable bonds is 7. The van der Waals surface area contributed by atoms with Crippen molar-refractivity contribution < 1.29 is 27.8 Å². The molecule has 0 amide bonds. The normalized spacial score (nSPS) is 11.8. The van der Waals surface area contributed by atoms with Crippen molar-refractivity contribution in [2.45, 2.75) is 18.8 Å². The van der Waals surface area contributed by atoms with Crippen molar-refractivity contribution in [2.75, 3.05) is 14.2 Å². The Morgan fingerprint density at radius 2 is 1.59 bits per heavy atom. The van der Waals surface area contributed by atoms with Gasteiger partial charge in [0, 0.05) is 18.4 Å². The molecule has 0 heterocycles. The maximum Gasteiger partial charge on any atom is 0.337 e. The van der Waals surface area contributed by atoms with Crippen LogP contribution in [0.1, 0.15) is 27.9 Å². The Bertz CT molecular complexity index is 812. The molecule has 0 aliphatic carbocycles. The van der Waals surface area contributed by atoms with Gasteiger partial charge in [0.2, 0.25) is 0 Å². The standard InChI is InChI=1S/C21H20F2O4/c1-26-19(24)17-10-8-16(9-11-17)13-21(22,23)14-18(20(25)27-2)12-15-6-4-3-5-7-15/h3-12H,13-14H2,1-2H3/b18-12-. The number of esters is 2. The van der Waals surface area contributed by atoms with Crippen molar-refractivity contribution in [2.24, 2.45) is 0 Å². The predicted molar refractivity (Wildman–Crippen MR) is 97.5 cm³/mol. The Morgan fingerprint density at radius 1 is 0.963 bits per heavy atom. The molecule has 0 saturated heterocycles. The molecule has 27 heavy (non-hydrogen) atoms. The molecule has 0 saturated carbocycles. The van der Waals surface area contributed by atoms with E-state index in [2.05, 4.69) is 9.47 Å². The van der Waals surface area contributed by atoms with Gasteiger partial charge in [0.15, 0.2) is 0 Å². The second-order valence-electron chi connectivity index (χ2n) is 5.97. The molecule has 2 aromatic carbocycles. The third-order valence-electron chi connectivity index (χ3n) is 3.87. The second kappa shape index (κ2) is 9.07. The zero-order valence-electron chi connectivity index (χ0n) is 15.1. The van der Waals surface area contributed by atoms with E-state index in [1.54, 1.807) is 30.3 Å². The molecule has 6 heteroatoms. The van der Waals surface area contributed by atoms with E-state index < -0.39 is 30.7 Å². The Kier molecular flexibility index (Phi) is 6.82. The fraction of sp³-hybridized carbons (Fsp3) is 0.238. The lowest BCUT2D eigenvalue weighted by Gasteiger charge is -2.18. The Labute approximate surface area is 156 Å². The number of methoxy groups -OCH3 is 2. The molecule has 0 N–H and O–H groups in total. The van der Waals surface area contributed by atoms with E-state index in [0.717, 1.165) is 7.11 Å². The Balaban J connectivity index is 2.17. The fourth-order valence-corrected chi connectivity index (χ4v) is 2.58. The lowest BCUT2D eigenvalue weighted by Crippen LogP contribution is -2.23. The first-order valence-electron chi connectivity index (χ1n) is 8.23. The largest absolute Gasteiger partial charge is 0.466 e. The van der Waals surface area contributed by atoms with Crippen LogP contribution in [0.25, 0.3) is 6.08 Å². The molecular weight excluding hydrogens is 354 g/mol. The third-order valence-corrected chi connectivity index (χ3v) is 3.87. The first-order chi connectivity index (χ1) is 12.8. The summed E-state index contributed by atoms with van der Waals surface area (Å²) in [5.74, 6) is -4.49. The number of halogens is 2. The van der Waals surface area contributed by atoms with Crippen molar-refractivity contribution in [1.29, 1.82) is 0 Å². The summed E-state index contributed by atoms with van der Waals surface area (Å²) in [6.07, 6.45) is 0.0744. The van der Waals surface area contributed by atoms with Crippen LogP contribution in [-0.2, 0) is 20.7 Å².